The van der Waals surface area contributed by atoms with Gasteiger partial charge in [0.25, 0.3) is 0 Å². The molecule has 1 aliphatic rings. The van der Waals surface area contributed by atoms with Gasteiger partial charge in [-0.2, -0.15) is 4.31 Å². The van der Waals surface area contributed by atoms with Gasteiger partial charge >= 0.3 is 0 Å². The second-order valence-electron chi connectivity index (χ2n) is 6.24. The standard InChI is InChI=1S/C12H25N3O2S/c1-12(2,3)7-9-18(16,17)15(10-4-5-10)8-6-11(13)14/h10H,4-9H2,1-3H3,(H3,13,14). The van der Waals surface area contributed by atoms with Crippen molar-refractivity contribution < 1.29 is 8.42 Å². The minimum Gasteiger partial charge on any atom is -0.388 e. The molecular weight excluding hydrogens is 250 g/mol. The summed E-state index contributed by atoms with van der Waals surface area (Å²) in [7, 11) is -3.21. The van der Waals surface area contributed by atoms with Crippen molar-refractivity contribution in [3.05, 3.63) is 0 Å². The number of nitrogens with zero attached hydrogens (tertiary/aromatic N) is 1. The number of hydrogen-bond donors (Lipinski definition) is 2. The fourth-order valence-corrected chi connectivity index (χ4v) is 3.83. The Bertz CT molecular complexity index is 394. The molecule has 0 aromatic heterocycles. The van der Waals surface area contributed by atoms with E-state index in [9.17, 15) is 8.42 Å². The summed E-state index contributed by atoms with van der Waals surface area (Å²) in [6.45, 7) is 6.48. The minimum absolute atomic E-state index is 0.0167. The van der Waals surface area contributed by atoms with E-state index in [0.29, 0.717) is 19.4 Å². The molecule has 1 fully saturated rings. The monoisotopic (exact) mass is 275 g/mol. The Kier molecular flexibility index (Phi) is 4.78. The van der Waals surface area contributed by atoms with Crippen LogP contribution in [0.5, 0.6) is 0 Å². The van der Waals surface area contributed by atoms with Gasteiger partial charge in [0.05, 0.1) is 11.6 Å². The first kappa shape index (κ1) is 15.4. The molecule has 0 unspecified atom stereocenters. The molecule has 0 aliphatic heterocycles. The van der Waals surface area contributed by atoms with E-state index in [1.165, 1.54) is 0 Å². The lowest BCUT2D eigenvalue weighted by Crippen LogP contribution is -2.38. The first-order valence-corrected chi connectivity index (χ1v) is 8.05. The number of hydrogen-bond acceptors (Lipinski definition) is 3. The number of nitrogens with two attached hydrogens (primary N) is 1. The highest BCUT2D eigenvalue weighted by Gasteiger charge is 2.37. The van der Waals surface area contributed by atoms with Crippen molar-refractivity contribution >= 4 is 15.9 Å². The van der Waals surface area contributed by atoms with E-state index in [4.69, 9.17) is 11.1 Å². The van der Waals surface area contributed by atoms with Gasteiger partial charge in [0, 0.05) is 19.0 Å². The van der Waals surface area contributed by atoms with Crippen molar-refractivity contribution in [2.24, 2.45) is 11.1 Å². The van der Waals surface area contributed by atoms with Gasteiger partial charge in [-0.05, 0) is 24.7 Å². The van der Waals surface area contributed by atoms with Crippen molar-refractivity contribution in [3.63, 3.8) is 0 Å². The molecule has 0 radical (unpaired) electrons. The highest BCUT2D eigenvalue weighted by molar-refractivity contribution is 7.89. The lowest BCUT2D eigenvalue weighted by molar-refractivity contribution is 0.377. The Morgan fingerprint density at radius 2 is 1.94 bits per heavy atom. The molecule has 0 atom stereocenters. The lowest BCUT2D eigenvalue weighted by Gasteiger charge is -2.24. The Morgan fingerprint density at radius 1 is 1.39 bits per heavy atom. The summed E-state index contributed by atoms with van der Waals surface area (Å²) in [5.74, 6) is 0.233. The number of amidine groups is 1. The molecule has 0 spiro atoms. The van der Waals surface area contributed by atoms with Crippen LogP contribution in [-0.4, -0.2) is 36.9 Å². The zero-order chi connectivity index (χ0) is 14.0. The number of nitrogens with one attached hydrogen (secondary N) is 1. The molecule has 18 heavy (non-hydrogen) atoms. The second kappa shape index (κ2) is 5.57. The maximum Gasteiger partial charge on any atom is 0.214 e. The summed E-state index contributed by atoms with van der Waals surface area (Å²) >= 11 is 0. The van der Waals surface area contributed by atoms with E-state index >= 15 is 0 Å². The highest BCUT2D eigenvalue weighted by atomic mass is 32.2. The van der Waals surface area contributed by atoms with Gasteiger partial charge in [-0.1, -0.05) is 20.8 Å². The second-order valence-corrected chi connectivity index (χ2v) is 8.28. The Balaban J connectivity index is 2.62. The smallest absolute Gasteiger partial charge is 0.214 e. The SMILES string of the molecule is CC(C)(C)CCS(=O)(=O)N(CCC(=N)N)C1CC1. The molecule has 0 bridgehead atoms. The Hall–Kier alpha value is -0.620. The van der Waals surface area contributed by atoms with Crippen molar-refractivity contribution in [3.8, 4) is 0 Å². The van der Waals surface area contributed by atoms with Gasteiger partial charge in [0.15, 0.2) is 0 Å². The van der Waals surface area contributed by atoms with E-state index in [0.717, 1.165) is 12.8 Å². The van der Waals surface area contributed by atoms with Gasteiger partial charge in [-0.3, -0.25) is 5.41 Å². The third kappa shape index (κ3) is 5.35. The third-order valence-electron chi connectivity index (χ3n) is 3.02. The molecule has 0 aromatic carbocycles. The van der Waals surface area contributed by atoms with E-state index in [-0.39, 0.29) is 23.0 Å². The maximum atomic E-state index is 12.3. The van der Waals surface area contributed by atoms with Crippen LogP contribution in [0.4, 0.5) is 0 Å². The maximum absolute atomic E-state index is 12.3. The van der Waals surface area contributed by atoms with Crippen molar-refractivity contribution in [2.75, 3.05) is 12.3 Å². The molecule has 1 saturated carbocycles. The molecule has 6 heteroatoms. The Morgan fingerprint density at radius 3 is 2.33 bits per heavy atom. The summed E-state index contributed by atoms with van der Waals surface area (Å²) < 4.78 is 26.1. The molecule has 0 heterocycles. The van der Waals surface area contributed by atoms with Crippen LogP contribution in [0.15, 0.2) is 0 Å². The molecule has 106 valence electrons. The zero-order valence-corrected chi connectivity index (χ0v) is 12.4. The Labute approximate surface area is 110 Å². The van der Waals surface area contributed by atoms with Crippen LogP contribution >= 0.6 is 0 Å². The van der Waals surface area contributed by atoms with Gasteiger partial charge in [-0.25, -0.2) is 8.42 Å². The number of sulfonamides is 1. The third-order valence-corrected chi connectivity index (χ3v) is 4.94. The van der Waals surface area contributed by atoms with E-state index in [1.807, 2.05) is 20.8 Å². The van der Waals surface area contributed by atoms with E-state index < -0.39 is 10.0 Å². The molecular formula is C12H25N3O2S. The zero-order valence-electron chi connectivity index (χ0n) is 11.6. The quantitative estimate of drug-likeness (QED) is 0.546. The average molecular weight is 275 g/mol. The van der Waals surface area contributed by atoms with E-state index in [2.05, 4.69) is 0 Å². The van der Waals surface area contributed by atoms with Gasteiger partial charge in [0.2, 0.25) is 10.0 Å². The van der Waals surface area contributed by atoms with Crippen LogP contribution in [0.1, 0.15) is 46.5 Å². The van der Waals surface area contributed by atoms with Crippen LogP contribution < -0.4 is 5.73 Å². The highest BCUT2D eigenvalue weighted by Crippen LogP contribution is 2.31. The molecule has 3 N–H and O–H groups in total. The first-order chi connectivity index (χ1) is 8.12. The fourth-order valence-electron chi connectivity index (χ4n) is 1.69. The predicted molar refractivity (Wildman–Crippen MR) is 74.1 cm³/mol. The van der Waals surface area contributed by atoms with Crippen LogP contribution in [0.2, 0.25) is 0 Å². The fraction of sp³-hybridized carbons (Fsp3) is 0.917. The molecule has 0 saturated heterocycles. The molecule has 5 nitrogen and oxygen atoms in total. The topological polar surface area (TPSA) is 87.2 Å². The molecule has 0 amide bonds. The van der Waals surface area contributed by atoms with E-state index in [1.54, 1.807) is 4.31 Å². The van der Waals surface area contributed by atoms with Crippen molar-refractivity contribution in [1.29, 1.82) is 5.41 Å². The summed E-state index contributed by atoms with van der Waals surface area (Å²) in [6.07, 6.45) is 2.85. The molecule has 0 aromatic rings. The summed E-state index contributed by atoms with van der Waals surface area (Å²) in [4.78, 5) is 0. The summed E-state index contributed by atoms with van der Waals surface area (Å²) in [5, 5.41) is 7.21. The van der Waals surface area contributed by atoms with Gasteiger partial charge in [-0.15, -0.1) is 0 Å². The minimum atomic E-state index is -3.21. The van der Waals surface area contributed by atoms with Crippen LogP contribution in [0.3, 0.4) is 0 Å². The van der Waals surface area contributed by atoms with Crippen LogP contribution in [-0.2, 0) is 10.0 Å². The number of rotatable bonds is 7. The summed E-state index contributed by atoms with van der Waals surface area (Å²) in [6, 6.07) is 0.148. The van der Waals surface area contributed by atoms with Crippen molar-refractivity contribution in [1.82, 2.24) is 4.31 Å². The van der Waals surface area contributed by atoms with Crippen molar-refractivity contribution in [2.45, 2.75) is 52.5 Å². The molecule has 1 rings (SSSR count). The normalized spacial score (nSPS) is 17.1. The molecule has 1 aliphatic carbocycles. The lowest BCUT2D eigenvalue weighted by atomic mass is 9.94. The largest absolute Gasteiger partial charge is 0.388 e. The predicted octanol–water partition coefficient (Wildman–Crippen LogP) is 1.54. The van der Waals surface area contributed by atoms with Gasteiger partial charge in [0.1, 0.15) is 0 Å². The summed E-state index contributed by atoms with van der Waals surface area (Å²) in [5.41, 5.74) is 5.33. The van der Waals surface area contributed by atoms with Crippen LogP contribution in [0, 0.1) is 10.8 Å². The average Bonchev–Trinajstić information content (AvgIpc) is 2.97. The first-order valence-electron chi connectivity index (χ1n) is 6.44. The van der Waals surface area contributed by atoms with Crippen LogP contribution in [0.25, 0.3) is 0 Å². The van der Waals surface area contributed by atoms with Gasteiger partial charge < -0.3 is 5.73 Å².